The van der Waals surface area contributed by atoms with Gasteiger partial charge in [0.2, 0.25) is 0 Å². The maximum atomic E-state index is 12.2. The molecule has 0 bridgehead atoms. The van der Waals surface area contributed by atoms with Crippen LogP contribution in [0.1, 0.15) is 24.2 Å². The highest BCUT2D eigenvalue weighted by Gasteiger charge is 2.11. The minimum atomic E-state index is -0.0671. The van der Waals surface area contributed by atoms with Crippen LogP contribution in [-0.4, -0.2) is 17.4 Å². The molecule has 3 aromatic rings. The summed E-state index contributed by atoms with van der Waals surface area (Å²) in [7, 11) is 0. The van der Waals surface area contributed by atoms with Crippen LogP contribution in [0.3, 0.4) is 0 Å². The van der Waals surface area contributed by atoms with Gasteiger partial charge in [-0.1, -0.05) is 32.0 Å². The lowest BCUT2D eigenvalue weighted by atomic mass is 10.0. The van der Waals surface area contributed by atoms with Crippen LogP contribution in [0.4, 0.5) is 0 Å². The summed E-state index contributed by atoms with van der Waals surface area (Å²) in [5.41, 5.74) is 2.72. The molecule has 1 amide bonds. The van der Waals surface area contributed by atoms with Crippen LogP contribution in [0, 0.1) is 5.92 Å². The Balaban J connectivity index is 1.92. The van der Waals surface area contributed by atoms with Crippen LogP contribution >= 0.6 is 11.3 Å². The molecule has 0 saturated carbocycles. The average molecular weight is 310 g/mol. The molecule has 0 aliphatic carbocycles. The number of thiophene rings is 1. The van der Waals surface area contributed by atoms with E-state index in [4.69, 9.17) is 0 Å². The molecule has 1 N–H and O–H groups in total. The van der Waals surface area contributed by atoms with E-state index in [1.807, 2.05) is 24.4 Å². The normalized spacial score (nSPS) is 11.0. The zero-order valence-electron chi connectivity index (χ0n) is 12.7. The molecule has 0 unspecified atom stereocenters. The van der Waals surface area contributed by atoms with E-state index >= 15 is 0 Å². The summed E-state index contributed by atoms with van der Waals surface area (Å²) in [6.07, 6.45) is 3.43. The number of hydrogen-bond acceptors (Lipinski definition) is 3. The van der Waals surface area contributed by atoms with Gasteiger partial charge in [0, 0.05) is 40.2 Å². The maximum absolute atomic E-state index is 12.2. The molecular weight excluding hydrogens is 292 g/mol. The van der Waals surface area contributed by atoms with Crippen molar-refractivity contribution in [2.75, 3.05) is 6.54 Å². The summed E-state index contributed by atoms with van der Waals surface area (Å²) < 4.78 is 1.24. The fraction of sp³-hybridized carbons (Fsp3) is 0.222. The van der Waals surface area contributed by atoms with E-state index in [1.54, 1.807) is 17.5 Å². The minimum Gasteiger partial charge on any atom is -0.352 e. The molecule has 0 radical (unpaired) electrons. The molecule has 1 aromatic carbocycles. The van der Waals surface area contributed by atoms with Gasteiger partial charge in [-0.15, -0.1) is 11.3 Å². The molecule has 0 aliphatic heterocycles. The van der Waals surface area contributed by atoms with Crippen LogP contribution in [0.15, 0.2) is 48.1 Å². The highest BCUT2D eigenvalue weighted by molar-refractivity contribution is 7.17. The Bertz CT molecular complexity index is 807. The zero-order valence-corrected chi connectivity index (χ0v) is 13.5. The van der Waals surface area contributed by atoms with E-state index in [9.17, 15) is 4.79 Å². The second-order valence-electron chi connectivity index (χ2n) is 5.71. The van der Waals surface area contributed by atoms with E-state index in [-0.39, 0.29) is 5.91 Å². The topological polar surface area (TPSA) is 42.0 Å². The second kappa shape index (κ2) is 6.28. The van der Waals surface area contributed by atoms with Gasteiger partial charge in [0.25, 0.3) is 5.91 Å². The molecule has 2 aromatic heterocycles. The molecule has 0 spiro atoms. The number of aromatic nitrogens is 1. The van der Waals surface area contributed by atoms with Crippen molar-refractivity contribution in [2.24, 2.45) is 5.92 Å². The second-order valence-corrected chi connectivity index (χ2v) is 6.62. The van der Waals surface area contributed by atoms with Crippen LogP contribution in [0.25, 0.3) is 21.2 Å². The predicted molar refractivity (Wildman–Crippen MR) is 92.2 cm³/mol. The number of benzene rings is 1. The van der Waals surface area contributed by atoms with Gasteiger partial charge in [-0.05, 0) is 23.4 Å². The first-order valence-corrected chi connectivity index (χ1v) is 8.23. The van der Waals surface area contributed by atoms with Gasteiger partial charge < -0.3 is 5.32 Å². The van der Waals surface area contributed by atoms with E-state index in [2.05, 4.69) is 41.7 Å². The van der Waals surface area contributed by atoms with Crippen molar-refractivity contribution in [1.82, 2.24) is 10.3 Å². The van der Waals surface area contributed by atoms with Gasteiger partial charge >= 0.3 is 0 Å². The van der Waals surface area contributed by atoms with Gasteiger partial charge in [-0.25, -0.2) is 0 Å². The SMILES string of the molecule is CC(C)CNC(=O)c1cncc(-c2csc3ccccc23)c1. The Kier molecular flexibility index (Phi) is 4.20. The van der Waals surface area contributed by atoms with Gasteiger partial charge in [-0.2, -0.15) is 0 Å². The third-order valence-corrected chi connectivity index (χ3v) is 4.43. The molecule has 0 aliphatic rings. The first-order chi connectivity index (χ1) is 10.6. The molecule has 2 heterocycles. The number of fused-ring (bicyclic) bond motifs is 1. The summed E-state index contributed by atoms with van der Waals surface area (Å²) in [4.78, 5) is 16.4. The van der Waals surface area contributed by atoms with Crippen molar-refractivity contribution in [3.05, 3.63) is 53.7 Å². The summed E-state index contributed by atoms with van der Waals surface area (Å²) in [6.45, 7) is 4.82. The van der Waals surface area contributed by atoms with Crippen molar-refractivity contribution >= 4 is 27.3 Å². The van der Waals surface area contributed by atoms with Crippen LogP contribution < -0.4 is 5.32 Å². The van der Waals surface area contributed by atoms with Crippen molar-refractivity contribution in [1.29, 1.82) is 0 Å². The van der Waals surface area contributed by atoms with Crippen LogP contribution in [0.5, 0.6) is 0 Å². The number of hydrogen-bond donors (Lipinski definition) is 1. The zero-order chi connectivity index (χ0) is 15.5. The molecule has 0 atom stereocenters. The summed E-state index contributed by atoms with van der Waals surface area (Å²) in [5.74, 6) is 0.364. The smallest absolute Gasteiger partial charge is 0.252 e. The number of pyridine rings is 1. The molecule has 4 heteroatoms. The lowest BCUT2D eigenvalue weighted by Gasteiger charge is -2.08. The molecule has 22 heavy (non-hydrogen) atoms. The number of carbonyl (C=O) groups excluding carboxylic acids is 1. The van der Waals surface area contributed by atoms with Crippen molar-refractivity contribution in [2.45, 2.75) is 13.8 Å². The lowest BCUT2D eigenvalue weighted by molar-refractivity contribution is 0.0948. The Hall–Kier alpha value is -2.20. The Morgan fingerprint density at radius 1 is 1.27 bits per heavy atom. The van der Waals surface area contributed by atoms with E-state index in [0.29, 0.717) is 18.0 Å². The fourth-order valence-corrected chi connectivity index (χ4v) is 3.28. The minimum absolute atomic E-state index is 0.0671. The first-order valence-electron chi connectivity index (χ1n) is 7.35. The number of nitrogens with zero attached hydrogens (tertiary/aromatic N) is 1. The van der Waals surface area contributed by atoms with Crippen molar-refractivity contribution < 1.29 is 4.79 Å². The van der Waals surface area contributed by atoms with E-state index in [0.717, 1.165) is 11.1 Å². The third-order valence-electron chi connectivity index (χ3n) is 3.46. The summed E-state index contributed by atoms with van der Waals surface area (Å²) in [6, 6.07) is 10.2. The lowest BCUT2D eigenvalue weighted by Crippen LogP contribution is -2.27. The van der Waals surface area contributed by atoms with E-state index < -0.39 is 0 Å². The Labute approximate surface area is 134 Å². The molecule has 3 rings (SSSR count). The number of rotatable bonds is 4. The predicted octanol–water partition coefficient (Wildman–Crippen LogP) is 4.35. The standard InChI is InChI=1S/C18H18N2OS/c1-12(2)8-20-18(21)14-7-13(9-19-10-14)16-11-22-17-6-4-3-5-15(16)17/h3-7,9-12H,8H2,1-2H3,(H,20,21). The number of nitrogens with one attached hydrogen (secondary N) is 1. The molecule has 112 valence electrons. The summed E-state index contributed by atoms with van der Waals surface area (Å²) in [5, 5.41) is 6.26. The maximum Gasteiger partial charge on any atom is 0.252 e. The van der Waals surface area contributed by atoms with Gasteiger partial charge in [-0.3, -0.25) is 9.78 Å². The molecule has 3 nitrogen and oxygen atoms in total. The van der Waals surface area contributed by atoms with Gasteiger partial charge in [0.15, 0.2) is 0 Å². The average Bonchev–Trinajstić information content (AvgIpc) is 2.96. The summed E-state index contributed by atoms with van der Waals surface area (Å²) >= 11 is 1.71. The monoisotopic (exact) mass is 310 g/mol. The largest absolute Gasteiger partial charge is 0.352 e. The molecule has 0 fully saturated rings. The van der Waals surface area contributed by atoms with Crippen molar-refractivity contribution in [3.63, 3.8) is 0 Å². The van der Waals surface area contributed by atoms with Gasteiger partial charge in [0.1, 0.15) is 0 Å². The Morgan fingerprint density at radius 3 is 2.91 bits per heavy atom. The fourth-order valence-electron chi connectivity index (χ4n) is 2.31. The van der Waals surface area contributed by atoms with Gasteiger partial charge in [0.05, 0.1) is 5.56 Å². The number of amides is 1. The van der Waals surface area contributed by atoms with Crippen LogP contribution in [-0.2, 0) is 0 Å². The third kappa shape index (κ3) is 3.02. The quantitative estimate of drug-likeness (QED) is 0.778. The molecule has 0 saturated heterocycles. The van der Waals surface area contributed by atoms with E-state index in [1.165, 1.54) is 10.1 Å². The Morgan fingerprint density at radius 2 is 2.09 bits per heavy atom. The van der Waals surface area contributed by atoms with Crippen molar-refractivity contribution in [3.8, 4) is 11.1 Å². The highest BCUT2D eigenvalue weighted by Crippen LogP contribution is 2.33. The molecular formula is C18H18N2OS. The highest BCUT2D eigenvalue weighted by atomic mass is 32.1. The van der Waals surface area contributed by atoms with Crippen LogP contribution in [0.2, 0.25) is 0 Å². The first kappa shape index (κ1) is 14.7. The number of carbonyl (C=O) groups is 1.